The Kier molecular flexibility index (Phi) is 4.70. The molecule has 2 N–H and O–H groups in total. The lowest BCUT2D eigenvalue weighted by molar-refractivity contribution is 0.285. The summed E-state index contributed by atoms with van der Waals surface area (Å²) in [6, 6.07) is 2.05. The first-order chi connectivity index (χ1) is 6.81. The average Bonchev–Trinajstić information content (AvgIpc) is 2.64. The first kappa shape index (κ1) is 11.3. The van der Waals surface area contributed by atoms with E-state index < -0.39 is 0 Å². The van der Waals surface area contributed by atoms with Crippen LogP contribution >= 0.6 is 0 Å². The molecule has 0 fully saturated rings. The van der Waals surface area contributed by atoms with Gasteiger partial charge in [-0.25, -0.2) is 0 Å². The molecule has 0 aliphatic carbocycles. The van der Waals surface area contributed by atoms with E-state index in [1.807, 2.05) is 0 Å². The molecule has 0 bridgehead atoms. The molecule has 1 heterocycles. The molecule has 3 nitrogen and oxygen atoms in total. The predicted molar refractivity (Wildman–Crippen MR) is 58.1 cm³/mol. The van der Waals surface area contributed by atoms with Crippen molar-refractivity contribution >= 4 is 0 Å². The van der Waals surface area contributed by atoms with Crippen LogP contribution in [0.25, 0.3) is 0 Å². The SMILES string of the molecule is CCc1occc1CN(CC)CCN. The van der Waals surface area contributed by atoms with E-state index in [-0.39, 0.29) is 0 Å². The van der Waals surface area contributed by atoms with Crippen molar-refractivity contribution in [3.05, 3.63) is 23.7 Å². The van der Waals surface area contributed by atoms with Gasteiger partial charge >= 0.3 is 0 Å². The highest BCUT2D eigenvalue weighted by Gasteiger charge is 2.08. The summed E-state index contributed by atoms with van der Waals surface area (Å²) < 4.78 is 5.38. The molecule has 1 aromatic heterocycles. The second kappa shape index (κ2) is 5.83. The molecule has 0 saturated carbocycles. The number of rotatable bonds is 6. The normalized spacial score (nSPS) is 11.1. The van der Waals surface area contributed by atoms with Crippen LogP contribution in [-0.2, 0) is 13.0 Å². The van der Waals surface area contributed by atoms with Crippen LogP contribution in [0.3, 0.4) is 0 Å². The lowest BCUT2D eigenvalue weighted by Gasteiger charge is -2.18. The Bertz CT molecular complexity index is 258. The van der Waals surface area contributed by atoms with Crippen molar-refractivity contribution in [1.82, 2.24) is 4.90 Å². The monoisotopic (exact) mass is 196 g/mol. The topological polar surface area (TPSA) is 42.4 Å². The van der Waals surface area contributed by atoms with Gasteiger partial charge in [-0.3, -0.25) is 4.90 Å². The Hall–Kier alpha value is -0.800. The third kappa shape index (κ3) is 2.86. The van der Waals surface area contributed by atoms with Crippen molar-refractivity contribution in [1.29, 1.82) is 0 Å². The Morgan fingerprint density at radius 2 is 2.21 bits per heavy atom. The maximum Gasteiger partial charge on any atom is 0.107 e. The number of nitrogens with two attached hydrogens (primary N) is 1. The van der Waals surface area contributed by atoms with Crippen molar-refractivity contribution < 1.29 is 4.42 Å². The van der Waals surface area contributed by atoms with Gasteiger partial charge < -0.3 is 10.2 Å². The molecule has 0 saturated heterocycles. The van der Waals surface area contributed by atoms with Gasteiger partial charge in [0.2, 0.25) is 0 Å². The fourth-order valence-electron chi connectivity index (χ4n) is 1.59. The number of furan rings is 1. The van der Waals surface area contributed by atoms with Gasteiger partial charge in [0.05, 0.1) is 6.26 Å². The third-order valence-electron chi connectivity index (χ3n) is 2.45. The molecule has 1 aromatic rings. The second-order valence-electron chi connectivity index (χ2n) is 3.38. The molecule has 0 aliphatic heterocycles. The number of nitrogens with zero attached hydrogens (tertiary/aromatic N) is 1. The minimum absolute atomic E-state index is 0.715. The van der Waals surface area contributed by atoms with Gasteiger partial charge in [-0.05, 0) is 12.6 Å². The molecule has 0 unspecified atom stereocenters. The van der Waals surface area contributed by atoms with Gasteiger partial charge in [0.25, 0.3) is 0 Å². The summed E-state index contributed by atoms with van der Waals surface area (Å²) in [7, 11) is 0. The lowest BCUT2D eigenvalue weighted by Crippen LogP contribution is -2.28. The van der Waals surface area contributed by atoms with Gasteiger partial charge in [0.1, 0.15) is 5.76 Å². The summed E-state index contributed by atoms with van der Waals surface area (Å²) in [5.74, 6) is 1.10. The molecule has 0 spiro atoms. The summed E-state index contributed by atoms with van der Waals surface area (Å²) in [6.07, 6.45) is 2.73. The minimum Gasteiger partial charge on any atom is -0.469 e. The van der Waals surface area contributed by atoms with Crippen LogP contribution in [0.2, 0.25) is 0 Å². The van der Waals surface area contributed by atoms with E-state index in [0.29, 0.717) is 6.54 Å². The standard InChI is InChI=1S/C11H20N2O/c1-3-11-10(5-8-14-11)9-13(4-2)7-6-12/h5,8H,3-4,6-7,9,12H2,1-2H3. The minimum atomic E-state index is 0.715. The van der Waals surface area contributed by atoms with Crippen LogP contribution < -0.4 is 5.73 Å². The highest BCUT2D eigenvalue weighted by atomic mass is 16.3. The molecular weight excluding hydrogens is 176 g/mol. The van der Waals surface area contributed by atoms with E-state index in [2.05, 4.69) is 24.8 Å². The Morgan fingerprint density at radius 3 is 2.79 bits per heavy atom. The van der Waals surface area contributed by atoms with E-state index >= 15 is 0 Å². The number of aryl methyl sites for hydroxylation is 1. The summed E-state index contributed by atoms with van der Waals surface area (Å²) in [5.41, 5.74) is 6.83. The molecule has 3 heteroatoms. The number of hydrogen-bond acceptors (Lipinski definition) is 3. The van der Waals surface area contributed by atoms with E-state index in [4.69, 9.17) is 10.2 Å². The van der Waals surface area contributed by atoms with Crippen molar-refractivity contribution in [2.24, 2.45) is 5.73 Å². The molecular formula is C11H20N2O. The molecule has 0 radical (unpaired) electrons. The zero-order valence-corrected chi connectivity index (χ0v) is 9.12. The Morgan fingerprint density at radius 1 is 1.43 bits per heavy atom. The van der Waals surface area contributed by atoms with Crippen molar-refractivity contribution in [3.63, 3.8) is 0 Å². The first-order valence-electron chi connectivity index (χ1n) is 5.29. The number of hydrogen-bond donors (Lipinski definition) is 1. The van der Waals surface area contributed by atoms with E-state index in [1.165, 1.54) is 5.56 Å². The molecule has 0 atom stereocenters. The van der Waals surface area contributed by atoms with Gasteiger partial charge in [-0.1, -0.05) is 13.8 Å². The van der Waals surface area contributed by atoms with Crippen LogP contribution in [0.5, 0.6) is 0 Å². The maximum atomic E-state index is 5.54. The van der Waals surface area contributed by atoms with Crippen LogP contribution in [0, 0.1) is 0 Å². The van der Waals surface area contributed by atoms with Crippen LogP contribution in [0.4, 0.5) is 0 Å². The number of likely N-dealkylation sites (N-methyl/N-ethyl adjacent to an activating group) is 1. The molecule has 1 rings (SSSR count). The van der Waals surface area contributed by atoms with Crippen molar-refractivity contribution in [3.8, 4) is 0 Å². The van der Waals surface area contributed by atoms with Gasteiger partial charge in [-0.15, -0.1) is 0 Å². The quantitative estimate of drug-likeness (QED) is 0.752. The average molecular weight is 196 g/mol. The smallest absolute Gasteiger partial charge is 0.107 e. The largest absolute Gasteiger partial charge is 0.469 e. The van der Waals surface area contributed by atoms with Gasteiger partial charge in [-0.2, -0.15) is 0 Å². The molecule has 0 aromatic carbocycles. The lowest BCUT2D eigenvalue weighted by atomic mass is 10.2. The second-order valence-corrected chi connectivity index (χ2v) is 3.38. The Balaban J connectivity index is 2.56. The Labute approximate surface area is 85.9 Å². The summed E-state index contributed by atoms with van der Waals surface area (Å²) in [4.78, 5) is 2.32. The van der Waals surface area contributed by atoms with Crippen molar-refractivity contribution in [2.75, 3.05) is 19.6 Å². The fourth-order valence-corrected chi connectivity index (χ4v) is 1.59. The summed E-state index contributed by atoms with van der Waals surface area (Å²) >= 11 is 0. The molecule has 80 valence electrons. The fraction of sp³-hybridized carbons (Fsp3) is 0.636. The maximum absolute atomic E-state index is 5.54. The zero-order valence-electron chi connectivity index (χ0n) is 9.12. The van der Waals surface area contributed by atoms with Gasteiger partial charge in [0, 0.05) is 31.6 Å². The predicted octanol–water partition coefficient (Wildman–Crippen LogP) is 1.62. The first-order valence-corrected chi connectivity index (χ1v) is 5.29. The summed E-state index contributed by atoms with van der Waals surface area (Å²) in [5, 5.41) is 0. The highest BCUT2D eigenvalue weighted by Crippen LogP contribution is 2.13. The molecule has 0 amide bonds. The van der Waals surface area contributed by atoms with E-state index in [1.54, 1.807) is 6.26 Å². The zero-order chi connectivity index (χ0) is 10.4. The van der Waals surface area contributed by atoms with Crippen LogP contribution in [0.1, 0.15) is 25.2 Å². The van der Waals surface area contributed by atoms with Crippen molar-refractivity contribution in [2.45, 2.75) is 26.8 Å². The summed E-state index contributed by atoms with van der Waals surface area (Å²) in [6.45, 7) is 7.92. The van der Waals surface area contributed by atoms with Gasteiger partial charge in [0.15, 0.2) is 0 Å². The molecule has 14 heavy (non-hydrogen) atoms. The van der Waals surface area contributed by atoms with E-state index in [9.17, 15) is 0 Å². The highest BCUT2D eigenvalue weighted by molar-refractivity contribution is 5.16. The van der Waals surface area contributed by atoms with Crippen LogP contribution in [0.15, 0.2) is 16.7 Å². The van der Waals surface area contributed by atoms with E-state index in [0.717, 1.165) is 31.8 Å². The van der Waals surface area contributed by atoms with Crippen LogP contribution in [-0.4, -0.2) is 24.5 Å². The third-order valence-corrected chi connectivity index (χ3v) is 2.45. The molecule has 0 aliphatic rings.